The van der Waals surface area contributed by atoms with Crippen molar-refractivity contribution >= 4 is 11.4 Å². The maximum Gasteiger partial charge on any atom is 0.146 e. The number of nitrogens with zero attached hydrogens (tertiary/aromatic N) is 3. The van der Waals surface area contributed by atoms with Crippen LogP contribution < -0.4 is 4.90 Å². The van der Waals surface area contributed by atoms with Crippen LogP contribution in [0.25, 0.3) is 11.1 Å². The molecule has 0 bridgehead atoms. The van der Waals surface area contributed by atoms with E-state index in [0.29, 0.717) is 5.56 Å². The van der Waals surface area contributed by atoms with Crippen molar-refractivity contribution < 1.29 is 4.52 Å². The Kier molecular flexibility index (Phi) is 3.13. The van der Waals surface area contributed by atoms with E-state index in [1.165, 1.54) is 0 Å². The van der Waals surface area contributed by atoms with Gasteiger partial charge >= 0.3 is 0 Å². The zero-order chi connectivity index (χ0) is 15.8. The monoisotopic (exact) mass is 301 g/mol. The van der Waals surface area contributed by atoms with E-state index in [-0.39, 0.29) is 0 Å². The predicted octanol–water partition coefficient (Wildman–Crippen LogP) is 4.22. The van der Waals surface area contributed by atoms with Gasteiger partial charge in [0, 0.05) is 35.5 Å². The van der Waals surface area contributed by atoms with Crippen molar-refractivity contribution in [1.82, 2.24) is 5.16 Å². The van der Waals surface area contributed by atoms with Gasteiger partial charge in [-0.2, -0.15) is 5.26 Å². The van der Waals surface area contributed by atoms with Crippen LogP contribution in [0.3, 0.4) is 0 Å². The van der Waals surface area contributed by atoms with Crippen LogP contribution in [0.1, 0.15) is 17.0 Å². The molecule has 0 radical (unpaired) electrons. The van der Waals surface area contributed by atoms with Gasteiger partial charge in [-0.25, -0.2) is 0 Å². The molecule has 1 aliphatic rings. The van der Waals surface area contributed by atoms with Gasteiger partial charge in [-0.05, 0) is 37.3 Å². The minimum absolute atomic E-state index is 0.670. The molecule has 0 aliphatic carbocycles. The number of hydrogen-bond donors (Lipinski definition) is 0. The average Bonchev–Trinajstić information content (AvgIpc) is 2.88. The lowest BCUT2D eigenvalue weighted by Gasteiger charge is -2.25. The Bertz CT molecular complexity index is 903. The third-order valence-electron chi connectivity index (χ3n) is 4.27. The fraction of sp³-hybridized carbons (Fsp3) is 0.158. The molecule has 0 spiro atoms. The second kappa shape index (κ2) is 5.29. The maximum atomic E-state index is 8.98. The summed E-state index contributed by atoms with van der Waals surface area (Å²) in [6, 6.07) is 18.2. The first-order valence-corrected chi connectivity index (χ1v) is 7.60. The van der Waals surface area contributed by atoms with Crippen molar-refractivity contribution in [2.75, 3.05) is 11.4 Å². The SMILES string of the molecule is Cc1noc2c1-c1ccccc1N(c1ccc(C#N)cc1)CC2. The Morgan fingerprint density at radius 1 is 1.13 bits per heavy atom. The van der Waals surface area contributed by atoms with Crippen molar-refractivity contribution in [2.45, 2.75) is 13.3 Å². The van der Waals surface area contributed by atoms with E-state index in [1.807, 2.05) is 43.3 Å². The standard InChI is InChI=1S/C19H15N3O/c1-13-19-16-4-2-3-5-17(16)22(11-10-18(19)23-21-13)15-8-6-14(12-20)7-9-15/h2-9H,10-11H2,1H3. The lowest BCUT2D eigenvalue weighted by molar-refractivity contribution is 0.381. The third kappa shape index (κ3) is 2.18. The van der Waals surface area contributed by atoms with Crippen LogP contribution in [0.4, 0.5) is 11.4 Å². The minimum Gasteiger partial charge on any atom is -0.360 e. The molecule has 0 N–H and O–H groups in total. The molecule has 0 atom stereocenters. The van der Waals surface area contributed by atoms with Gasteiger partial charge in [0.2, 0.25) is 0 Å². The van der Waals surface area contributed by atoms with Crippen molar-refractivity contribution in [3.05, 3.63) is 65.5 Å². The minimum atomic E-state index is 0.670. The summed E-state index contributed by atoms with van der Waals surface area (Å²) in [4.78, 5) is 2.27. The zero-order valence-electron chi connectivity index (χ0n) is 12.8. The summed E-state index contributed by atoms with van der Waals surface area (Å²) in [7, 11) is 0. The molecule has 0 fully saturated rings. The number of aromatic nitrogens is 1. The molecule has 0 saturated heterocycles. The van der Waals surface area contributed by atoms with Crippen LogP contribution in [0.5, 0.6) is 0 Å². The highest BCUT2D eigenvalue weighted by molar-refractivity contribution is 5.85. The second-order valence-corrected chi connectivity index (χ2v) is 5.64. The Balaban J connectivity index is 1.87. The number of aryl methyl sites for hydroxylation is 1. The molecule has 0 saturated carbocycles. The Labute approximate surface area is 134 Å². The van der Waals surface area contributed by atoms with E-state index in [2.05, 4.69) is 28.3 Å². The molecule has 3 aromatic rings. The lowest BCUT2D eigenvalue weighted by Crippen LogP contribution is -2.19. The van der Waals surface area contributed by atoms with Crippen molar-refractivity contribution in [1.29, 1.82) is 5.26 Å². The number of rotatable bonds is 1. The predicted molar refractivity (Wildman–Crippen MR) is 88.5 cm³/mol. The molecule has 23 heavy (non-hydrogen) atoms. The van der Waals surface area contributed by atoms with Gasteiger partial charge in [0.1, 0.15) is 5.76 Å². The number of hydrogen-bond acceptors (Lipinski definition) is 4. The van der Waals surface area contributed by atoms with Crippen molar-refractivity contribution in [3.63, 3.8) is 0 Å². The Morgan fingerprint density at radius 3 is 2.70 bits per heavy atom. The summed E-state index contributed by atoms with van der Waals surface area (Å²) < 4.78 is 5.52. The van der Waals surface area contributed by atoms with E-state index >= 15 is 0 Å². The molecule has 4 rings (SSSR count). The summed E-state index contributed by atoms with van der Waals surface area (Å²) >= 11 is 0. The number of benzene rings is 2. The number of anilines is 2. The molecule has 4 heteroatoms. The molecule has 1 aliphatic heterocycles. The quantitative estimate of drug-likeness (QED) is 0.675. The average molecular weight is 301 g/mol. The zero-order valence-corrected chi connectivity index (χ0v) is 12.8. The number of fused-ring (bicyclic) bond motifs is 3. The molecule has 0 unspecified atom stereocenters. The molecule has 1 aromatic heterocycles. The van der Waals surface area contributed by atoms with E-state index in [0.717, 1.165) is 46.9 Å². The van der Waals surface area contributed by atoms with Gasteiger partial charge in [0.15, 0.2) is 0 Å². The highest BCUT2D eigenvalue weighted by Gasteiger charge is 2.25. The first kappa shape index (κ1) is 13.6. The fourth-order valence-corrected chi connectivity index (χ4v) is 3.17. The van der Waals surface area contributed by atoms with Crippen LogP contribution in [-0.2, 0) is 6.42 Å². The van der Waals surface area contributed by atoms with Crippen LogP contribution in [0, 0.1) is 18.3 Å². The third-order valence-corrected chi connectivity index (χ3v) is 4.27. The van der Waals surface area contributed by atoms with Gasteiger partial charge in [-0.1, -0.05) is 23.4 Å². The van der Waals surface area contributed by atoms with Gasteiger partial charge in [-0.3, -0.25) is 0 Å². The number of para-hydroxylation sites is 1. The van der Waals surface area contributed by atoms with Crippen molar-refractivity contribution in [3.8, 4) is 17.2 Å². The number of nitriles is 1. The summed E-state index contributed by atoms with van der Waals surface area (Å²) in [6.07, 6.45) is 0.796. The highest BCUT2D eigenvalue weighted by Crippen LogP contribution is 2.41. The van der Waals surface area contributed by atoms with Crippen LogP contribution in [0.2, 0.25) is 0 Å². The summed E-state index contributed by atoms with van der Waals surface area (Å²) in [5.41, 5.74) is 6.06. The first-order valence-electron chi connectivity index (χ1n) is 7.60. The second-order valence-electron chi connectivity index (χ2n) is 5.64. The van der Waals surface area contributed by atoms with E-state index < -0.39 is 0 Å². The molecular formula is C19H15N3O. The lowest BCUT2D eigenvalue weighted by atomic mass is 10.0. The first-order chi connectivity index (χ1) is 11.3. The van der Waals surface area contributed by atoms with Crippen LogP contribution in [0.15, 0.2) is 53.1 Å². The molecule has 2 heterocycles. The van der Waals surface area contributed by atoms with Gasteiger partial charge in [0.25, 0.3) is 0 Å². The fourth-order valence-electron chi connectivity index (χ4n) is 3.17. The molecule has 2 aromatic carbocycles. The van der Waals surface area contributed by atoms with Crippen molar-refractivity contribution in [2.24, 2.45) is 0 Å². The topological polar surface area (TPSA) is 53.1 Å². The normalized spacial score (nSPS) is 13.0. The molecular weight excluding hydrogens is 286 g/mol. The van der Waals surface area contributed by atoms with E-state index in [1.54, 1.807) is 0 Å². The van der Waals surface area contributed by atoms with Gasteiger partial charge < -0.3 is 9.42 Å². The summed E-state index contributed by atoms with van der Waals surface area (Å²) in [6.45, 7) is 2.79. The largest absolute Gasteiger partial charge is 0.360 e. The van der Waals surface area contributed by atoms with Crippen LogP contribution >= 0.6 is 0 Å². The summed E-state index contributed by atoms with van der Waals surface area (Å²) in [5, 5.41) is 13.1. The Hall–Kier alpha value is -3.06. The van der Waals surface area contributed by atoms with Crippen LogP contribution in [-0.4, -0.2) is 11.7 Å². The smallest absolute Gasteiger partial charge is 0.146 e. The molecule has 112 valence electrons. The highest BCUT2D eigenvalue weighted by atomic mass is 16.5. The van der Waals surface area contributed by atoms with E-state index in [4.69, 9.17) is 9.78 Å². The summed E-state index contributed by atoms with van der Waals surface area (Å²) in [5.74, 6) is 0.936. The molecule has 4 nitrogen and oxygen atoms in total. The van der Waals surface area contributed by atoms with E-state index in [9.17, 15) is 0 Å². The Morgan fingerprint density at radius 2 is 1.91 bits per heavy atom. The van der Waals surface area contributed by atoms with Gasteiger partial charge in [0.05, 0.1) is 17.3 Å². The van der Waals surface area contributed by atoms with Gasteiger partial charge in [-0.15, -0.1) is 0 Å². The maximum absolute atomic E-state index is 8.98. The molecule has 0 amide bonds.